The molecule has 0 aliphatic rings. The SMILES string of the molecule is COC(=O)COc1ccccc1.Cl.Cl. The number of benzene rings is 1. The number of methoxy groups -OCH3 is 1. The zero-order chi connectivity index (χ0) is 8.81. The van der Waals surface area contributed by atoms with Crippen LogP contribution in [0.4, 0.5) is 0 Å². The molecule has 3 nitrogen and oxygen atoms in total. The van der Waals surface area contributed by atoms with Gasteiger partial charge in [0.15, 0.2) is 6.61 Å². The summed E-state index contributed by atoms with van der Waals surface area (Å²) in [6, 6.07) is 9.12. The normalized spacial score (nSPS) is 7.79. The Morgan fingerprint density at radius 2 is 1.79 bits per heavy atom. The molecule has 0 amide bonds. The van der Waals surface area contributed by atoms with E-state index in [0.717, 1.165) is 0 Å². The van der Waals surface area contributed by atoms with E-state index in [-0.39, 0.29) is 37.4 Å². The summed E-state index contributed by atoms with van der Waals surface area (Å²) in [5, 5.41) is 0. The molecule has 0 atom stereocenters. The van der Waals surface area contributed by atoms with E-state index < -0.39 is 0 Å². The van der Waals surface area contributed by atoms with Crippen LogP contribution in [0.3, 0.4) is 0 Å². The van der Waals surface area contributed by atoms with Crippen molar-refractivity contribution in [2.75, 3.05) is 13.7 Å². The Kier molecular flexibility index (Phi) is 9.61. The average molecular weight is 239 g/mol. The van der Waals surface area contributed by atoms with Crippen molar-refractivity contribution in [2.24, 2.45) is 0 Å². The molecule has 1 aromatic carbocycles. The first-order valence-electron chi connectivity index (χ1n) is 3.57. The van der Waals surface area contributed by atoms with Crippen LogP contribution in [-0.4, -0.2) is 19.7 Å². The molecule has 5 heteroatoms. The van der Waals surface area contributed by atoms with E-state index in [0.29, 0.717) is 5.75 Å². The molecule has 0 saturated carbocycles. The number of carbonyl (C=O) groups is 1. The number of hydrogen-bond donors (Lipinski definition) is 0. The molecule has 1 aromatic rings. The maximum absolute atomic E-state index is 10.6. The lowest BCUT2D eigenvalue weighted by Crippen LogP contribution is -2.12. The second-order valence-electron chi connectivity index (χ2n) is 2.18. The minimum absolute atomic E-state index is 0. The van der Waals surface area contributed by atoms with Crippen LogP contribution in [-0.2, 0) is 9.53 Å². The lowest BCUT2D eigenvalue weighted by atomic mass is 10.3. The highest BCUT2D eigenvalue weighted by Crippen LogP contribution is 2.07. The summed E-state index contributed by atoms with van der Waals surface area (Å²) in [5.74, 6) is 0.293. The molecular weight excluding hydrogens is 227 g/mol. The van der Waals surface area contributed by atoms with Crippen molar-refractivity contribution in [1.29, 1.82) is 0 Å². The highest BCUT2D eigenvalue weighted by atomic mass is 35.5. The number of esters is 1. The van der Waals surface area contributed by atoms with Gasteiger partial charge >= 0.3 is 5.97 Å². The van der Waals surface area contributed by atoms with E-state index in [4.69, 9.17) is 4.74 Å². The van der Waals surface area contributed by atoms with Gasteiger partial charge in [-0.15, -0.1) is 24.8 Å². The lowest BCUT2D eigenvalue weighted by molar-refractivity contribution is -0.142. The fraction of sp³-hybridized carbons (Fsp3) is 0.222. The monoisotopic (exact) mass is 238 g/mol. The average Bonchev–Trinajstić information content (AvgIpc) is 2.16. The minimum Gasteiger partial charge on any atom is -0.482 e. The van der Waals surface area contributed by atoms with Gasteiger partial charge in [0.2, 0.25) is 0 Å². The van der Waals surface area contributed by atoms with Crippen LogP contribution >= 0.6 is 24.8 Å². The van der Waals surface area contributed by atoms with E-state index in [2.05, 4.69) is 4.74 Å². The summed E-state index contributed by atoms with van der Waals surface area (Å²) in [5.41, 5.74) is 0. The molecule has 0 aromatic heterocycles. The zero-order valence-corrected chi connectivity index (χ0v) is 9.27. The number of para-hydroxylation sites is 1. The summed E-state index contributed by atoms with van der Waals surface area (Å²) in [6.07, 6.45) is 0. The van der Waals surface area contributed by atoms with Gasteiger partial charge in [-0.05, 0) is 12.1 Å². The molecule has 0 bridgehead atoms. The number of hydrogen-bond acceptors (Lipinski definition) is 3. The molecule has 0 radical (unpaired) electrons. The third kappa shape index (κ3) is 5.67. The molecule has 0 unspecified atom stereocenters. The van der Waals surface area contributed by atoms with Crippen molar-refractivity contribution in [3.8, 4) is 5.75 Å². The van der Waals surface area contributed by atoms with E-state index in [1.165, 1.54) is 7.11 Å². The first-order chi connectivity index (χ1) is 5.83. The molecule has 0 spiro atoms. The zero-order valence-electron chi connectivity index (χ0n) is 7.64. The Hall–Kier alpha value is -0.930. The molecule has 0 saturated heterocycles. The van der Waals surface area contributed by atoms with Gasteiger partial charge in [0.05, 0.1) is 7.11 Å². The first-order valence-corrected chi connectivity index (χ1v) is 3.57. The molecule has 0 aliphatic carbocycles. The summed E-state index contributed by atoms with van der Waals surface area (Å²) in [6.45, 7) is -0.0412. The molecule has 14 heavy (non-hydrogen) atoms. The molecule has 1 rings (SSSR count). The number of carbonyl (C=O) groups excluding carboxylic acids is 1. The fourth-order valence-electron chi connectivity index (χ4n) is 0.718. The Morgan fingerprint density at radius 1 is 1.21 bits per heavy atom. The molecule has 80 valence electrons. The van der Waals surface area contributed by atoms with E-state index in [1.807, 2.05) is 18.2 Å². The molecule has 0 aliphatic heterocycles. The van der Waals surface area contributed by atoms with Crippen LogP contribution in [0.25, 0.3) is 0 Å². The predicted molar refractivity (Wildman–Crippen MR) is 58.4 cm³/mol. The predicted octanol–water partition coefficient (Wildman–Crippen LogP) is 2.08. The smallest absolute Gasteiger partial charge is 0.343 e. The Balaban J connectivity index is 0. The van der Waals surface area contributed by atoms with Crippen LogP contribution in [0, 0.1) is 0 Å². The summed E-state index contributed by atoms with van der Waals surface area (Å²) < 4.78 is 9.49. The standard InChI is InChI=1S/C9H10O3.2ClH/c1-11-9(10)7-12-8-5-3-2-4-6-8;;/h2-6H,7H2,1H3;2*1H. The first kappa shape index (κ1) is 15.5. The summed E-state index contributed by atoms with van der Waals surface area (Å²) >= 11 is 0. The van der Waals surface area contributed by atoms with Crippen LogP contribution in [0.5, 0.6) is 5.75 Å². The highest BCUT2D eigenvalue weighted by Gasteiger charge is 1.99. The van der Waals surface area contributed by atoms with E-state index >= 15 is 0 Å². The Labute approximate surface area is 95.2 Å². The highest BCUT2D eigenvalue weighted by molar-refractivity contribution is 5.85. The van der Waals surface area contributed by atoms with Crippen molar-refractivity contribution in [2.45, 2.75) is 0 Å². The quantitative estimate of drug-likeness (QED) is 0.757. The fourth-order valence-corrected chi connectivity index (χ4v) is 0.718. The number of rotatable bonds is 3. The topological polar surface area (TPSA) is 35.5 Å². The summed E-state index contributed by atoms with van der Waals surface area (Å²) in [7, 11) is 1.33. The van der Waals surface area contributed by atoms with Gasteiger partial charge in [0.25, 0.3) is 0 Å². The maximum atomic E-state index is 10.6. The number of halogens is 2. The molecular formula is C9H12Cl2O3. The van der Waals surface area contributed by atoms with Crippen molar-refractivity contribution < 1.29 is 14.3 Å². The third-order valence-corrected chi connectivity index (χ3v) is 1.33. The minimum atomic E-state index is -0.376. The van der Waals surface area contributed by atoms with Crippen molar-refractivity contribution in [3.05, 3.63) is 30.3 Å². The van der Waals surface area contributed by atoms with Crippen molar-refractivity contribution in [1.82, 2.24) is 0 Å². The number of ether oxygens (including phenoxy) is 2. The van der Waals surface area contributed by atoms with Gasteiger partial charge in [0.1, 0.15) is 5.75 Å². The van der Waals surface area contributed by atoms with Gasteiger partial charge in [0, 0.05) is 0 Å². The largest absolute Gasteiger partial charge is 0.482 e. The van der Waals surface area contributed by atoms with Crippen molar-refractivity contribution in [3.63, 3.8) is 0 Å². The molecule has 0 heterocycles. The van der Waals surface area contributed by atoms with Gasteiger partial charge in [-0.3, -0.25) is 0 Å². The van der Waals surface area contributed by atoms with Crippen LogP contribution in [0.15, 0.2) is 30.3 Å². The van der Waals surface area contributed by atoms with Crippen LogP contribution in [0.2, 0.25) is 0 Å². The molecule has 0 fully saturated rings. The lowest BCUT2D eigenvalue weighted by Gasteiger charge is -2.02. The summed E-state index contributed by atoms with van der Waals surface area (Å²) in [4.78, 5) is 10.6. The van der Waals surface area contributed by atoms with Crippen molar-refractivity contribution >= 4 is 30.8 Å². The maximum Gasteiger partial charge on any atom is 0.343 e. The van der Waals surface area contributed by atoms with E-state index in [1.54, 1.807) is 12.1 Å². The van der Waals surface area contributed by atoms with Gasteiger partial charge in [-0.25, -0.2) is 4.79 Å². The van der Waals surface area contributed by atoms with Crippen LogP contribution in [0.1, 0.15) is 0 Å². The van der Waals surface area contributed by atoms with E-state index in [9.17, 15) is 4.79 Å². The second kappa shape index (κ2) is 8.66. The van der Waals surface area contributed by atoms with Crippen LogP contribution < -0.4 is 4.74 Å². The van der Waals surface area contributed by atoms with Gasteiger partial charge in [-0.2, -0.15) is 0 Å². The third-order valence-electron chi connectivity index (χ3n) is 1.33. The van der Waals surface area contributed by atoms with Gasteiger partial charge in [-0.1, -0.05) is 18.2 Å². The van der Waals surface area contributed by atoms with Gasteiger partial charge < -0.3 is 9.47 Å². The molecule has 0 N–H and O–H groups in total. The Morgan fingerprint density at radius 3 is 2.29 bits per heavy atom. The Bertz CT molecular complexity index is 251. The second-order valence-corrected chi connectivity index (χ2v) is 2.18.